The molecule has 1 radical (unpaired) electrons. The number of hydrogen-bond acceptors (Lipinski definition) is 0. The first kappa shape index (κ1) is 6.51. The molecule has 2 bridgehead atoms. The van der Waals surface area contributed by atoms with Gasteiger partial charge in [0.15, 0.2) is 0 Å². The highest BCUT2D eigenvalue weighted by molar-refractivity contribution is 5.14. The van der Waals surface area contributed by atoms with Crippen LogP contribution in [0, 0.1) is 23.7 Å². The predicted molar refractivity (Wildman–Crippen MR) is 46.0 cm³/mol. The van der Waals surface area contributed by atoms with E-state index in [1.807, 2.05) is 5.92 Å². The van der Waals surface area contributed by atoms with Gasteiger partial charge in [0.1, 0.15) is 0 Å². The van der Waals surface area contributed by atoms with Gasteiger partial charge in [-0.2, -0.15) is 0 Å². The van der Waals surface area contributed by atoms with Gasteiger partial charge in [0, 0.05) is 0 Å². The molecule has 3 rings (SSSR count). The minimum Gasteiger partial charge on any atom is -0.0530 e. The summed E-state index contributed by atoms with van der Waals surface area (Å²) in [5.41, 5.74) is 0. The molecule has 3 fully saturated rings. The lowest BCUT2D eigenvalue weighted by Crippen LogP contribution is -2.24. The summed E-state index contributed by atoms with van der Waals surface area (Å²) in [6.45, 7) is 0. The molecule has 3 saturated carbocycles. The largest absolute Gasteiger partial charge is 0.0530 e. The molecule has 3 atom stereocenters. The summed E-state index contributed by atoms with van der Waals surface area (Å²) in [4.78, 5) is 0. The van der Waals surface area contributed by atoms with Crippen molar-refractivity contribution in [2.24, 2.45) is 17.8 Å². The zero-order valence-corrected chi connectivity index (χ0v) is 7.18. The Hall–Kier alpha value is 0. The van der Waals surface area contributed by atoms with Crippen LogP contribution in [0.2, 0.25) is 0 Å². The van der Waals surface area contributed by atoms with Crippen molar-refractivity contribution >= 4 is 0 Å². The monoisotopic (exact) mass is 149 g/mol. The van der Waals surface area contributed by atoms with Crippen LogP contribution in [-0.2, 0) is 0 Å². The van der Waals surface area contributed by atoms with Gasteiger partial charge in [-0.15, -0.1) is 0 Å². The molecule has 0 nitrogen and oxygen atoms in total. The molecule has 3 unspecified atom stereocenters. The number of rotatable bonds is 0. The SMILES string of the molecule is C1CCC2C3CC[C](C3)C2C1. The third-order valence-corrected chi connectivity index (χ3v) is 4.31. The van der Waals surface area contributed by atoms with Gasteiger partial charge in [0.25, 0.3) is 0 Å². The van der Waals surface area contributed by atoms with Crippen LogP contribution < -0.4 is 0 Å². The lowest BCUT2D eigenvalue weighted by molar-refractivity contribution is 0.202. The van der Waals surface area contributed by atoms with Gasteiger partial charge in [0.05, 0.1) is 0 Å². The number of fused-ring (bicyclic) bond motifs is 5. The second-order valence-corrected chi connectivity index (χ2v) is 4.72. The lowest BCUT2D eigenvalue weighted by atomic mass is 9.71. The van der Waals surface area contributed by atoms with Gasteiger partial charge in [-0.05, 0) is 55.8 Å². The molecule has 0 N–H and O–H groups in total. The molecular weight excluding hydrogens is 132 g/mol. The van der Waals surface area contributed by atoms with Gasteiger partial charge >= 0.3 is 0 Å². The maximum absolute atomic E-state index is 1.97. The average Bonchev–Trinajstić information content (AvgIpc) is 2.64. The first-order chi connectivity index (χ1) is 5.45. The molecule has 61 valence electrons. The molecular formula is C11H17. The second kappa shape index (κ2) is 2.24. The van der Waals surface area contributed by atoms with E-state index < -0.39 is 0 Å². The van der Waals surface area contributed by atoms with Crippen molar-refractivity contribution in [1.82, 2.24) is 0 Å². The Morgan fingerprint density at radius 3 is 2.82 bits per heavy atom. The maximum Gasteiger partial charge on any atom is -0.0204 e. The van der Waals surface area contributed by atoms with E-state index in [9.17, 15) is 0 Å². The molecule has 0 saturated heterocycles. The van der Waals surface area contributed by atoms with Gasteiger partial charge in [-0.3, -0.25) is 0 Å². The smallest absolute Gasteiger partial charge is 0.0204 e. The molecule has 0 amide bonds. The van der Waals surface area contributed by atoms with Gasteiger partial charge in [-0.1, -0.05) is 12.8 Å². The quantitative estimate of drug-likeness (QED) is 0.496. The van der Waals surface area contributed by atoms with Gasteiger partial charge < -0.3 is 0 Å². The van der Waals surface area contributed by atoms with Crippen molar-refractivity contribution in [1.29, 1.82) is 0 Å². The summed E-state index contributed by atoms with van der Waals surface area (Å²) in [6, 6.07) is 0. The van der Waals surface area contributed by atoms with Crippen LogP contribution in [-0.4, -0.2) is 0 Å². The topological polar surface area (TPSA) is 0 Å². The van der Waals surface area contributed by atoms with Crippen molar-refractivity contribution in [3.8, 4) is 0 Å². The summed E-state index contributed by atoms with van der Waals surface area (Å²) in [6.07, 6.45) is 10.8. The van der Waals surface area contributed by atoms with E-state index >= 15 is 0 Å². The van der Waals surface area contributed by atoms with E-state index in [0.29, 0.717) is 0 Å². The predicted octanol–water partition coefficient (Wildman–Crippen LogP) is 3.18. The van der Waals surface area contributed by atoms with Crippen molar-refractivity contribution in [3.63, 3.8) is 0 Å². The Morgan fingerprint density at radius 1 is 1.00 bits per heavy atom. The summed E-state index contributed by atoms with van der Waals surface area (Å²) in [5, 5.41) is 0. The zero-order chi connectivity index (χ0) is 7.26. The summed E-state index contributed by atoms with van der Waals surface area (Å²) in [7, 11) is 0. The normalized spacial score (nSPS) is 49.6. The molecule has 0 heteroatoms. The standard InChI is InChI=1S/C11H17/c1-2-4-11-9-6-5-8(7-9)10(11)3-1/h8,10-11H,1-7H2. The summed E-state index contributed by atoms with van der Waals surface area (Å²) < 4.78 is 0. The van der Waals surface area contributed by atoms with E-state index in [0.717, 1.165) is 17.8 Å². The van der Waals surface area contributed by atoms with Gasteiger partial charge in [-0.25, -0.2) is 0 Å². The molecule has 11 heavy (non-hydrogen) atoms. The van der Waals surface area contributed by atoms with Crippen LogP contribution in [0.3, 0.4) is 0 Å². The van der Waals surface area contributed by atoms with E-state index in [1.165, 1.54) is 25.7 Å². The van der Waals surface area contributed by atoms with E-state index in [2.05, 4.69) is 0 Å². The third-order valence-electron chi connectivity index (χ3n) is 4.31. The Balaban J connectivity index is 1.84. The Kier molecular flexibility index (Phi) is 1.33. The van der Waals surface area contributed by atoms with Crippen LogP contribution in [0.4, 0.5) is 0 Å². The molecule has 0 aromatic rings. The second-order valence-electron chi connectivity index (χ2n) is 4.72. The first-order valence-corrected chi connectivity index (χ1v) is 5.30. The minimum atomic E-state index is 1.11. The van der Waals surface area contributed by atoms with Crippen LogP contribution >= 0.6 is 0 Å². The lowest BCUT2D eigenvalue weighted by Gasteiger charge is -2.34. The van der Waals surface area contributed by atoms with Crippen molar-refractivity contribution in [3.05, 3.63) is 5.92 Å². The highest BCUT2D eigenvalue weighted by Crippen LogP contribution is 2.58. The van der Waals surface area contributed by atoms with E-state index in [-0.39, 0.29) is 0 Å². The molecule has 0 heterocycles. The van der Waals surface area contributed by atoms with Crippen LogP contribution in [0.25, 0.3) is 0 Å². The third kappa shape index (κ3) is 0.816. The zero-order valence-electron chi connectivity index (χ0n) is 7.18. The molecule has 0 aromatic carbocycles. The van der Waals surface area contributed by atoms with Crippen molar-refractivity contribution in [2.45, 2.75) is 44.9 Å². The number of hydrogen-bond donors (Lipinski definition) is 0. The first-order valence-electron chi connectivity index (χ1n) is 5.30. The average molecular weight is 149 g/mol. The van der Waals surface area contributed by atoms with Gasteiger partial charge in [0.2, 0.25) is 0 Å². The summed E-state index contributed by atoms with van der Waals surface area (Å²) in [5.74, 6) is 5.39. The Morgan fingerprint density at radius 2 is 1.91 bits per heavy atom. The maximum atomic E-state index is 1.97. The fourth-order valence-electron chi connectivity index (χ4n) is 3.84. The Bertz CT molecular complexity index is 143. The Labute approximate surface area is 69.4 Å². The fraction of sp³-hybridized carbons (Fsp3) is 0.909. The fourth-order valence-corrected chi connectivity index (χ4v) is 3.84. The molecule has 0 aromatic heterocycles. The van der Waals surface area contributed by atoms with Crippen molar-refractivity contribution < 1.29 is 0 Å². The molecule has 0 aliphatic heterocycles. The molecule has 3 aliphatic carbocycles. The minimum absolute atomic E-state index is 1.11. The van der Waals surface area contributed by atoms with E-state index in [4.69, 9.17) is 0 Å². The van der Waals surface area contributed by atoms with Crippen LogP contribution in [0.5, 0.6) is 0 Å². The highest BCUT2D eigenvalue weighted by atomic mass is 14.5. The molecule has 0 spiro atoms. The highest BCUT2D eigenvalue weighted by Gasteiger charge is 2.47. The summed E-state index contributed by atoms with van der Waals surface area (Å²) >= 11 is 0. The molecule has 3 aliphatic rings. The van der Waals surface area contributed by atoms with Crippen LogP contribution in [0.1, 0.15) is 44.9 Å². The van der Waals surface area contributed by atoms with E-state index in [1.54, 1.807) is 19.3 Å². The van der Waals surface area contributed by atoms with Crippen molar-refractivity contribution in [2.75, 3.05) is 0 Å². The van der Waals surface area contributed by atoms with Crippen LogP contribution in [0.15, 0.2) is 0 Å².